The highest BCUT2D eigenvalue weighted by atomic mass is 35.5. The van der Waals surface area contributed by atoms with Gasteiger partial charge in [-0.3, -0.25) is 0 Å². The lowest BCUT2D eigenvalue weighted by Gasteiger charge is -2.20. The van der Waals surface area contributed by atoms with Gasteiger partial charge in [0.25, 0.3) is 0 Å². The number of nitrogens with one attached hydrogen (secondary N) is 1. The van der Waals surface area contributed by atoms with Crippen LogP contribution in [0.4, 0.5) is 5.69 Å². The fourth-order valence-corrected chi connectivity index (χ4v) is 2.34. The molecule has 0 fully saturated rings. The fourth-order valence-electron chi connectivity index (χ4n) is 2.10. The first-order chi connectivity index (χ1) is 9.61. The highest BCUT2D eigenvalue weighted by molar-refractivity contribution is 6.31. The van der Waals surface area contributed by atoms with Crippen molar-refractivity contribution in [2.75, 3.05) is 18.5 Å². The molecule has 0 aliphatic carbocycles. The largest absolute Gasteiger partial charge is 0.469 e. The molecule has 20 heavy (non-hydrogen) atoms. The molecular formula is C16H21ClN2O. The van der Waals surface area contributed by atoms with Crippen LogP contribution in [0.3, 0.4) is 0 Å². The number of rotatable bonds is 6. The van der Waals surface area contributed by atoms with E-state index in [9.17, 15) is 0 Å². The van der Waals surface area contributed by atoms with Gasteiger partial charge in [0, 0.05) is 36.4 Å². The zero-order valence-corrected chi connectivity index (χ0v) is 13.0. The Labute approximate surface area is 125 Å². The number of hydrogen-bond donors (Lipinski definition) is 1. The van der Waals surface area contributed by atoms with E-state index in [0.29, 0.717) is 0 Å². The van der Waals surface area contributed by atoms with Crippen molar-refractivity contribution >= 4 is 17.3 Å². The van der Waals surface area contributed by atoms with E-state index in [1.54, 1.807) is 6.26 Å². The van der Waals surface area contributed by atoms with Crippen molar-refractivity contribution in [1.29, 1.82) is 0 Å². The standard InChI is InChI=1S/C16H21ClN2O/c1-4-18-10-13-5-6-15(9-16(13)17)19(3)11-14-7-8-20-12(14)2/h5-9,18H,4,10-11H2,1-3H3. The van der Waals surface area contributed by atoms with E-state index < -0.39 is 0 Å². The maximum atomic E-state index is 6.34. The van der Waals surface area contributed by atoms with Gasteiger partial charge in [0.15, 0.2) is 0 Å². The highest BCUT2D eigenvalue weighted by Gasteiger charge is 2.08. The summed E-state index contributed by atoms with van der Waals surface area (Å²) >= 11 is 6.34. The lowest BCUT2D eigenvalue weighted by atomic mass is 10.1. The summed E-state index contributed by atoms with van der Waals surface area (Å²) in [4.78, 5) is 2.17. The topological polar surface area (TPSA) is 28.4 Å². The number of nitrogens with zero attached hydrogens (tertiary/aromatic N) is 1. The summed E-state index contributed by atoms with van der Waals surface area (Å²) in [5.74, 6) is 0.965. The maximum absolute atomic E-state index is 6.34. The van der Waals surface area contributed by atoms with Crippen molar-refractivity contribution < 1.29 is 4.42 Å². The van der Waals surface area contributed by atoms with Crippen LogP contribution in [0.2, 0.25) is 5.02 Å². The van der Waals surface area contributed by atoms with Gasteiger partial charge in [-0.15, -0.1) is 0 Å². The van der Waals surface area contributed by atoms with Crippen molar-refractivity contribution in [3.05, 3.63) is 52.4 Å². The lowest BCUT2D eigenvalue weighted by molar-refractivity contribution is 0.529. The fraction of sp³-hybridized carbons (Fsp3) is 0.375. The van der Waals surface area contributed by atoms with Gasteiger partial charge in [-0.1, -0.05) is 24.6 Å². The molecule has 0 bridgehead atoms. The Morgan fingerprint density at radius 2 is 2.05 bits per heavy atom. The molecule has 108 valence electrons. The molecule has 2 rings (SSSR count). The molecule has 1 heterocycles. The summed E-state index contributed by atoms with van der Waals surface area (Å²) in [5, 5.41) is 4.09. The van der Waals surface area contributed by atoms with Crippen LogP contribution in [0.1, 0.15) is 23.8 Å². The minimum Gasteiger partial charge on any atom is -0.469 e. The summed E-state index contributed by atoms with van der Waals surface area (Å²) in [7, 11) is 2.06. The average Bonchev–Trinajstić information content (AvgIpc) is 2.83. The van der Waals surface area contributed by atoms with Crippen LogP contribution < -0.4 is 10.2 Å². The molecule has 1 aromatic heterocycles. The zero-order chi connectivity index (χ0) is 14.5. The van der Waals surface area contributed by atoms with Crippen molar-refractivity contribution in [1.82, 2.24) is 5.32 Å². The quantitative estimate of drug-likeness (QED) is 0.873. The predicted octanol–water partition coefficient (Wildman–Crippen LogP) is 3.99. The molecular weight excluding hydrogens is 272 g/mol. The number of furan rings is 1. The molecule has 0 radical (unpaired) electrons. The second-order valence-electron chi connectivity index (χ2n) is 4.91. The summed E-state index contributed by atoms with van der Waals surface area (Å²) in [6, 6.07) is 8.21. The Morgan fingerprint density at radius 1 is 1.25 bits per heavy atom. The van der Waals surface area contributed by atoms with Gasteiger partial charge in [0.1, 0.15) is 5.76 Å². The Morgan fingerprint density at radius 3 is 2.65 bits per heavy atom. The first kappa shape index (κ1) is 14.9. The maximum Gasteiger partial charge on any atom is 0.105 e. The van der Waals surface area contributed by atoms with Crippen molar-refractivity contribution in [3.8, 4) is 0 Å². The van der Waals surface area contributed by atoms with E-state index in [0.717, 1.165) is 41.7 Å². The molecule has 3 nitrogen and oxygen atoms in total. The Bertz CT molecular complexity index is 565. The SMILES string of the molecule is CCNCc1ccc(N(C)Cc2ccoc2C)cc1Cl. The first-order valence-electron chi connectivity index (χ1n) is 6.85. The van der Waals surface area contributed by atoms with Crippen LogP contribution in [0.15, 0.2) is 34.9 Å². The first-order valence-corrected chi connectivity index (χ1v) is 7.23. The Kier molecular flexibility index (Phi) is 5.10. The molecule has 0 unspecified atom stereocenters. The molecule has 4 heteroatoms. The molecule has 1 N–H and O–H groups in total. The number of benzene rings is 1. The number of anilines is 1. The highest BCUT2D eigenvalue weighted by Crippen LogP contribution is 2.24. The summed E-state index contributed by atoms with van der Waals surface area (Å²) in [5.41, 5.74) is 3.43. The monoisotopic (exact) mass is 292 g/mol. The molecule has 0 aliphatic heterocycles. The average molecular weight is 293 g/mol. The van der Waals surface area contributed by atoms with Crippen LogP contribution in [0.5, 0.6) is 0 Å². The predicted molar refractivity (Wildman–Crippen MR) is 84.4 cm³/mol. The molecule has 0 spiro atoms. The molecule has 0 amide bonds. The van der Waals surface area contributed by atoms with Crippen molar-refractivity contribution in [2.24, 2.45) is 0 Å². The van der Waals surface area contributed by atoms with E-state index >= 15 is 0 Å². The van der Waals surface area contributed by atoms with Gasteiger partial charge in [-0.25, -0.2) is 0 Å². The molecule has 0 atom stereocenters. The second kappa shape index (κ2) is 6.82. The molecule has 0 saturated carbocycles. The molecule has 0 aliphatic rings. The van der Waals surface area contributed by atoms with E-state index in [2.05, 4.69) is 36.3 Å². The normalized spacial score (nSPS) is 10.8. The van der Waals surface area contributed by atoms with Crippen LogP contribution in [0.25, 0.3) is 0 Å². The third kappa shape index (κ3) is 3.56. The molecule has 2 aromatic rings. The van der Waals surface area contributed by atoms with Crippen LogP contribution in [-0.2, 0) is 13.1 Å². The Hall–Kier alpha value is -1.45. The Balaban J connectivity index is 2.08. The second-order valence-corrected chi connectivity index (χ2v) is 5.32. The summed E-state index contributed by atoms with van der Waals surface area (Å²) < 4.78 is 5.33. The van der Waals surface area contributed by atoms with Gasteiger partial charge >= 0.3 is 0 Å². The van der Waals surface area contributed by atoms with Crippen molar-refractivity contribution in [2.45, 2.75) is 26.9 Å². The smallest absolute Gasteiger partial charge is 0.105 e. The van der Waals surface area contributed by atoms with Crippen molar-refractivity contribution in [3.63, 3.8) is 0 Å². The minimum absolute atomic E-state index is 0.805. The summed E-state index contributed by atoms with van der Waals surface area (Å²) in [6.07, 6.45) is 1.73. The zero-order valence-electron chi connectivity index (χ0n) is 12.2. The van der Waals surface area contributed by atoms with Gasteiger partial charge in [-0.2, -0.15) is 0 Å². The van der Waals surface area contributed by atoms with E-state index in [-0.39, 0.29) is 0 Å². The van der Waals surface area contributed by atoms with Crippen LogP contribution >= 0.6 is 11.6 Å². The summed E-state index contributed by atoms with van der Waals surface area (Å²) in [6.45, 7) is 6.63. The van der Waals surface area contributed by atoms with E-state index in [1.165, 1.54) is 5.56 Å². The molecule has 1 aromatic carbocycles. The lowest BCUT2D eigenvalue weighted by Crippen LogP contribution is -2.17. The van der Waals surface area contributed by atoms with Crippen LogP contribution in [0, 0.1) is 6.92 Å². The number of halogens is 1. The third-order valence-corrected chi connectivity index (χ3v) is 3.77. The van der Waals surface area contributed by atoms with Gasteiger partial charge in [0.05, 0.1) is 6.26 Å². The van der Waals surface area contributed by atoms with Crippen LogP contribution in [-0.4, -0.2) is 13.6 Å². The molecule has 0 saturated heterocycles. The van der Waals surface area contributed by atoms with Gasteiger partial charge < -0.3 is 14.6 Å². The van der Waals surface area contributed by atoms with Gasteiger partial charge in [-0.05, 0) is 37.2 Å². The third-order valence-electron chi connectivity index (χ3n) is 3.42. The number of aryl methyl sites for hydroxylation is 1. The van der Waals surface area contributed by atoms with Gasteiger partial charge in [0.2, 0.25) is 0 Å². The number of hydrogen-bond acceptors (Lipinski definition) is 3. The van der Waals surface area contributed by atoms with E-state index in [4.69, 9.17) is 16.0 Å². The van der Waals surface area contributed by atoms with E-state index in [1.807, 2.05) is 19.1 Å². The minimum atomic E-state index is 0.805.